The minimum Gasteiger partial charge on any atom is -0.474 e. The first-order valence-corrected chi connectivity index (χ1v) is 5.61. The summed E-state index contributed by atoms with van der Waals surface area (Å²) in [5.41, 5.74) is 1.42. The van der Waals surface area contributed by atoms with E-state index < -0.39 is 0 Å². The van der Waals surface area contributed by atoms with Gasteiger partial charge in [0.15, 0.2) is 6.23 Å². The fourth-order valence-corrected chi connectivity index (χ4v) is 1.76. The van der Waals surface area contributed by atoms with Crippen molar-refractivity contribution < 1.29 is 4.74 Å². The zero-order valence-corrected chi connectivity index (χ0v) is 9.71. The van der Waals surface area contributed by atoms with Crippen molar-refractivity contribution in [2.75, 3.05) is 0 Å². The molecule has 1 unspecified atom stereocenters. The Morgan fingerprint density at radius 2 is 2.13 bits per heavy atom. The second-order valence-electron chi connectivity index (χ2n) is 4.83. The summed E-state index contributed by atoms with van der Waals surface area (Å²) in [6.45, 7) is 7.58. The lowest BCUT2D eigenvalue weighted by Gasteiger charge is -2.37. The Balaban J connectivity index is 2.19. The van der Waals surface area contributed by atoms with Crippen LogP contribution in [0.2, 0.25) is 0 Å². The molecule has 0 radical (unpaired) electrons. The van der Waals surface area contributed by atoms with Crippen LogP contribution in [0, 0.1) is 5.41 Å². The molecule has 1 aliphatic rings. The lowest BCUT2D eigenvalue weighted by molar-refractivity contribution is 0.0277. The number of nitrogens with one attached hydrogen (secondary N) is 1. The maximum atomic E-state index is 5.98. The van der Waals surface area contributed by atoms with E-state index >= 15 is 0 Å². The van der Waals surface area contributed by atoms with Gasteiger partial charge in [-0.05, 0) is 12.5 Å². The minimum atomic E-state index is 0.123. The zero-order valence-electron chi connectivity index (χ0n) is 9.71. The normalized spacial score (nSPS) is 20.6. The average Bonchev–Trinajstić information content (AvgIpc) is 2.28. The van der Waals surface area contributed by atoms with Gasteiger partial charge in [-0.2, -0.15) is 0 Å². The maximum absolute atomic E-state index is 5.98. The van der Waals surface area contributed by atoms with Crippen LogP contribution in [-0.4, -0.2) is 6.23 Å². The fourth-order valence-electron chi connectivity index (χ4n) is 1.76. The maximum Gasteiger partial charge on any atom is 0.155 e. The van der Waals surface area contributed by atoms with Crippen LogP contribution in [-0.2, 0) is 6.54 Å². The molecule has 0 aliphatic carbocycles. The molecule has 2 rings (SSSR count). The summed E-state index contributed by atoms with van der Waals surface area (Å²) in [7, 11) is 0. The van der Waals surface area contributed by atoms with Crippen LogP contribution in [0.5, 0.6) is 5.75 Å². The van der Waals surface area contributed by atoms with Crippen LogP contribution in [0.15, 0.2) is 24.3 Å². The number of para-hydroxylation sites is 1. The Bertz CT molecular complexity index is 346. The Hall–Kier alpha value is -1.02. The summed E-state index contributed by atoms with van der Waals surface area (Å²) >= 11 is 0. The third kappa shape index (κ3) is 2.00. The van der Waals surface area contributed by atoms with Crippen molar-refractivity contribution in [3.05, 3.63) is 29.8 Å². The van der Waals surface area contributed by atoms with E-state index in [9.17, 15) is 0 Å². The van der Waals surface area contributed by atoms with Crippen LogP contribution in [0.3, 0.4) is 0 Å². The van der Waals surface area contributed by atoms with E-state index in [4.69, 9.17) is 4.74 Å². The van der Waals surface area contributed by atoms with Gasteiger partial charge in [-0.15, -0.1) is 0 Å². The van der Waals surface area contributed by atoms with Gasteiger partial charge in [0.1, 0.15) is 5.75 Å². The molecule has 0 amide bonds. The van der Waals surface area contributed by atoms with Crippen LogP contribution in [0.4, 0.5) is 0 Å². The lowest BCUT2D eigenvalue weighted by atomic mass is 9.87. The predicted molar refractivity (Wildman–Crippen MR) is 61.8 cm³/mol. The van der Waals surface area contributed by atoms with E-state index in [0.717, 1.165) is 18.7 Å². The van der Waals surface area contributed by atoms with Gasteiger partial charge in [0.05, 0.1) is 0 Å². The van der Waals surface area contributed by atoms with Crippen molar-refractivity contribution in [1.82, 2.24) is 5.32 Å². The third-order valence-electron chi connectivity index (χ3n) is 3.32. The molecule has 1 atom stereocenters. The average molecular weight is 205 g/mol. The van der Waals surface area contributed by atoms with Gasteiger partial charge in [0, 0.05) is 17.5 Å². The zero-order chi connectivity index (χ0) is 10.9. The van der Waals surface area contributed by atoms with E-state index in [1.807, 2.05) is 6.07 Å². The summed E-state index contributed by atoms with van der Waals surface area (Å²) in [4.78, 5) is 0. The predicted octanol–water partition coefficient (Wildman–Crippen LogP) is 2.93. The standard InChI is InChI=1S/C13H19NO/c1-4-13(2,3)12-14-9-10-7-5-6-8-11(10)15-12/h5-8,12,14H,4,9H2,1-3H3. The molecule has 1 N–H and O–H groups in total. The second kappa shape index (κ2) is 3.86. The Morgan fingerprint density at radius 3 is 2.87 bits per heavy atom. The van der Waals surface area contributed by atoms with E-state index in [1.165, 1.54) is 5.56 Å². The first-order chi connectivity index (χ1) is 7.13. The number of benzene rings is 1. The van der Waals surface area contributed by atoms with Crippen molar-refractivity contribution in [2.45, 2.75) is 40.0 Å². The van der Waals surface area contributed by atoms with Crippen LogP contribution in [0.25, 0.3) is 0 Å². The van der Waals surface area contributed by atoms with E-state index in [2.05, 4.69) is 44.3 Å². The van der Waals surface area contributed by atoms with Crippen molar-refractivity contribution in [1.29, 1.82) is 0 Å². The topological polar surface area (TPSA) is 21.3 Å². The molecular formula is C13H19NO. The highest BCUT2D eigenvalue weighted by Gasteiger charge is 2.32. The van der Waals surface area contributed by atoms with Gasteiger partial charge in [-0.1, -0.05) is 39.0 Å². The highest BCUT2D eigenvalue weighted by molar-refractivity contribution is 5.34. The fraction of sp³-hybridized carbons (Fsp3) is 0.538. The van der Waals surface area contributed by atoms with E-state index in [0.29, 0.717) is 0 Å². The lowest BCUT2D eigenvalue weighted by Crippen LogP contribution is -2.48. The molecule has 15 heavy (non-hydrogen) atoms. The number of rotatable bonds is 2. The van der Waals surface area contributed by atoms with Crippen molar-refractivity contribution in [3.63, 3.8) is 0 Å². The van der Waals surface area contributed by atoms with Gasteiger partial charge in [-0.3, -0.25) is 5.32 Å². The molecule has 0 saturated carbocycles. The monoisotopic (exact) mass is 205 g/mol. The molecule has 0 fully saturated rings. The number of ether oxygens (including phenoxy) is 1. The molecule has 82 valence electrons. The summed E-state index contributed by atoms with van der Waals surface area (Å²) in [6.07, 6.45) is 1.23. The summed E-state index contributed by atoms with van der Waals surface area (Å²) < 4.78 is 5.98. The van der Waals surface area contributed by atoms with Gasteiger partial charge < -0.3 is 4.74 Å². The molecule has 0 spiro atoms. The smallest absolute Gasteiger partial charge is 0.155 e. The number of fused-ring (bicyclic) bond motifs is 1. The van der Waals surface area contributed by atoms with Crippen LogP contribution in [0.1, 0.15) is 32.8 Å². The Morgan fingerprint density at radius 1 is 1.40 bits per heavy atom. The van der Waals surface area contributed by atoms with Gasteiger partial charge in [0.25, 0.3) is 0 Å². The second-order valence-corrected chi connectivity index (χ2v) is 4.83. The molecule has 1 aromatic carbocycles. The van der Waals surface area contributed by atoms with Crippen LogP contribution < -0.4 is 10.1 Å². The summed E-state index contributed by atoms with van der Waals surface area (Å²) in [5, 5.41) is 3.44. The van der Waals surface area contributed by atoms with Gasteiger partial charge in [-0.25, -0.2) is 0 Å². The molecule has 0 aromatic heterocycles. The van der Waals surface area contributed by atoms with E-state index in [1.54, 1.807) is 0 Å². The van der Waals surface area contributed by atoms with Crippen molar-refractivity contribution in [2.24, 2.45) is 5.41 Å². The molecule has 1 aromatic rings. The minimum absolute atomic E-state index is 0.123. The first kappa shape index (κ1) is 10.5. The van der Waals surface area contributed by atoms with Gasteiger partial charge in [0.2, 0.25) is 0 Å². The number of hydrogen-bond acceptors (Lipinski definition) is 2. The van der Waals surface area contributed by atoms with E-state index in [-0.39, 0.29) is 11.6 Å². The highest BCUT2D eigenvalue weighted by Crippen LogP contribution is 2.32. The number of hydrogen-bond donors (Lipinski definition) is 1. The Labute approximate surface area is 91.6 Å². The summed E-state index contributed by atoms with van der Waals surface area (Å²) in [5.74, 6) is 1.03. The molecule has 2 nitrogen and oxygen atoms in total. The molecule has 1 aliphatic heterocycles. The molecule has 0 bridgehead atoms. The molecule has 1 heterocycles. The van der Waals surface area contributed by atoms with Crippen molar-refractivity contribution >= 4 is 0 Å². The molecular weight excluding hydrogens is 186 g/mol. The SMILES string of the molecule is CCC(C)(C)C1NCc2ccccc2O1. The highest BCUT2D eigenvalue weighted by atomic mass is 16.5. The largest absolute Gasteiger partial charge is 0.474 e. The van der Waals surface area contributed by atoms with Crippen LogP contribution >= 0.6 is 0 Å². The first-order valence-electron chi connectivity index (χ1n) is 5.61. The molecule has 0 saturated heterocycles. The third-order valence-corrected chi connectivity index (χ3v) is 3.32. The Kier molecular flexibility index (Phi) is 2.70. The molecule has 2 heteroatoms. The summed E-state index contributed by atoms with van der Waals surface area (Å²) in [6, 6.07) is 8.24. The van der Waals surface area contributed by atoms with Crippen molar-refractivity contribution in [3.8, 4) is 5.75 Å². The van der Waals surface area contributed by atoms with Gasteiger partial charge >= 0.3 is 0 Å². The quantitative estimate of drug-likeness (QED) is 0.801.